The van der Waals surface area contributed by atoms with Gasteiger partial charge in [-0.3, -0.25) is 4.79 Å². The molecule has 4 aromatic rings. The molecular weight excluding hydrogens is 383 g/mol. The Balaban J connectivity index is 1.60. The summed E-state index contributed by atoms with van der Waals surface area (Å²) in [4.78, 5) is 13.7. The Morgan fingerprint density at radius 1 is 0.821 bits per heavy atom. The first-order chi connectivity index (χ1) is 13.4. The molecule has 0 fully saturated rings. The first-order valence-electron chi connectivity index (χ1n) is 8.48. The van der Waals surface area contributed by atoms with Crippen LogP contribution in [0.15, 0.2) is 78.9 Å². The van der Waals surface area contributed by atoms with Crippen molar-refractivity contribution in [1.82, 2.24) is 0 Å². The van der Waals surface area contributed by atoms with Crippen LogP contribution in [0.5, 0.6) is 0 Å². The summed E-state index contributed by atoms with van der Waals surface area (Å²) < 4.78 is 39.3. The van der Waals surface area contributed by atoms with Gasteiger partial charge in [0.25, 0.3) is 5.91 Å². The quantitative estimate of drug-likeness (QED) is 0.403. The molecule has 0 aliphatic rings. The van der Waals surface area contributed by atoms with E-state index in [-0.39, 0.29) is 5.69 Å². The van der Waals surface area contributed by atoms with Crippen LogP contribution in [-0.4, -0.2) is 5.91 Å². The average Bonchev–Trinajstić information content (AvgIpc) is 3.17. The van der Waals surface area contributed by atoms with E-state index in [0.29, 0.717) is 4.88 Å². The fraction of sp³-hybridized carbons (Fsp3) is 0.0455. The van der Waals surface area contributed by atoms with Gasteiger partial charge in [0, 0.05) is 4.88 Å². The van der Waals surface area contributed by atoms with Crippen molar-refractivity contribution in [3.05, 3.63) is 89.3 Å². The molecule has 1 N–H and O–H groups in total. The number of benzene rings is 3. The maximum absolute atomic E-state index is 13.1. The number of fused-ring (bicyclic) bond motifs is 1. The molecule has 28 heavy (non-hydrogen) atoms. The van der Waals surface area contributed by atoms with Crippen LogP contribution in [0.4, 0.5) is 18.9 Å². The molecule has 1 amide bonds. The molecule has 140 valence electrons. The van der Waals surface area contributed by atoms with Crippen molar-refractivity contribution in [3.63, 3.8) is 0 Å². The minimum absolute atomic E-state index is 0.249. The van der Waals surface area contributed by atoms with Gasteiger partial charge in [0.2, 0.25) is 0 Å². The number of hydrogen-bond donors (Lipinski definition) is 1. The minimum Gasteiger partial charge on any atom is -0.321 e. The fourth-order valence-electron chi connectivity index (χ4n) is 2.98. The van der Waals surface area contributed by atoms with Gasteiger partial charge in [-0.15, -0.1) is 11.3 Å². The van der Waals surface area contributed by atoms with Gasteiger partial charge >= 0.3 is 6.18 Å². The number of halogens is 3. The number of carbonyl (C=O) groups is 1. The van der Waals surface area contributed by atoms with E-state index in [1.54, 1.807) is 12.1 Å². The van der Waals surface area contributed by atoms with Gasteiger partial charge in [-0.2, -0.15) is 13.2 Å². The molecule has 0 spiro atoms. The van der Waals surface area contributed by atoms with Gasteiger partial charge in [0.1, 0.15) is 0 Å². The maximum atomic E-state index is 13.1. The van der Waals surface area contributed by atoms with Crippen molar-refractivity contribution in [2.24, 2.45) is 0 Å². The smallest absolute Gasteiger partial charge is 0.321 e. The molecule has 4 rings (SSSR count). The number of amides is 1. The molecule has 6 heteroatoms. The number of hydrogen-bond acceptors (Lipinski definition) is 2. The van der Waals surface area contributed by atoms with E-state index in [1.165, 1.54) is 29.5 Å². The number of rotatable bonds is 3. The lowest BCUT2D eigenvalue weighted by Gasteiger charge is -2.12. The van der Waals surface area contributed by atoms with Gasteiger partial charge in [-0.25, -0.2) is 0 Å². The van der Waals surface area contributed by atoms with E-state index in [9.17, 15) is 18.0 Å². The van der Waals surface area contributed by atoms with Crippen LogP contribution in [-0.2, 0) is 6.18 Å². The predicted octanol–water partition coefficient (Wildman–Crippen LogP) is 6.84. The second kappa shape index (κ2) is 7.13. The highest BCUT2D eigenvalue weighted by Crippen LogP contribution is 2.35. The molecule has 0 aliphatic carbocycles. The second-order valence-electron chi connectivity index (χ2n) is 6.22. The molecule has 0 bridgehead atoms. The molecule has 1 aromatic heterocycles. The summed E-state index contributed by atoms with van der Waals surface area (Å²) in [5, 5.41) is 4.58. The zero-order valence-electron chi connectivity index (χ0n) is 14.5. The maximum Gasteiger partial charge on any atom is 0.418 e. The molecule has 0 aliphatic heterocycles. The highest BCUT2D eigenvalue weighted by Gasteiger charge is 2.33. The first kappa shape index (κ1) is 18.3. The minimum atomic E-state index is -4.53. The first-order valence-corrected chi connectivity index (χ1v) is 9.30. The molecule has 0 saturated heterocycles. The van der Waals surface area contributed by atoms with E-state index in [2.05, 4.69) is 5.32 Å². The Labute approximate surface area is 163 Å². The third-order valence-corrected chi connectivity index (χ3v) is 5.48. The summed E-state index contributed by atoms with van der Waals surface area (Å²) in [6, 6.07) is 22.3. The lowest BCUT2D eigenvalue weighted by atomic mass is 10.1. The summed E-state index contributed by atoms with van der Waals surface area (Å²) in [5.74, 6) is -0.561. The summed E-state index contributed by atoms with van der Waals surface area (Å²) in [5.41, 5.74) is -0.159. The van der Waals surface area contributed by atoms with Gasteiger partial charge in [-0.05, 0) is 46.7 Å². The largest absolute Gasteiger partial charge is 0.418 e. The fourth-order valence-corrected chi connectivity index (χ4v) is 3.88. The lowest BCUT2D eigenvalue weighted by Crippen LogP contribution is -2.15. The third kappa shape index (κ3) is 3.64. The van der Waals surface area contributed by atoms with Crippen LogP contribution in [0, 0.1) is 0 Å². The van der Waals surface area contributed by atoms with Crippen LogP contribution in [0.2, 0.25) is 0 Å². The number of anilines is 1. The summed E-state index contributed by atoms with van der Waals surface area (Å²) in [6.07, 6.45) is -4.53. The normalized spacial score (nSPS) is 11.5. The SMILES string of the molecule is O=C(Nc1ccccc1C(F)(F)F)c1ccc(-c2ccc3ccccc3c2)s1. The van der Waals surface area contributed by atoms with Gasteiger partial charge < -0.3 is 5.32 Å². The molecule has 0 atom stereocenters. The van der Waals surface area contributed by atoms with Crippen molar-refractivity contribution in [1.29, 1.82) is 0 Å². The van der Waals surface area contributed by atoms with Crippen LogP contribution in [0.25, 0.3) is 21.2 Å². The van der Waals surface area contributed by atoms with Crippen LogP contribution < -0.4 is 5.32 Å². The standard InChI is InChI=1S/C22H14F3NOS/c23-22(24,25)17-7-3-4-8-18(17)26-21(27)20-12-11-19(28-20)16-10-9-14-5-1-2-6-15(14)13-16/h1-13H,(H,26,27). The van der Waals surface area contributed by atoms with Gasteiger partial charge in [-0.1, -0.05) is 48.5 Å². The lowest BCUT2D eigenvalue weighted by molar-refractivity contribution is -0.136. The van der Waals surface area contributed by atoms with Crippen molar-refractivity contribution in [2.45, 2.75) is 6.18 Å². The van der Waals surface area contributed by atoms with Crippen LogP contribution >= 0.6 is 11.3 Å². The van der Waals surface area contributed by atoms with Gasteiger partial charge in [0.15, 0.2) is 0 Å². The Morgan fingerprint density at radius 2 is 1.54 bits per heavy atom. The third-order valence-electron chi connectivity index (χ3n) is 4.34. The zero-order valence-corrected chi connectivity index (χ0v) is 15.3. The Kier molecular flexibility index (Phi) is 4.65. The van der Waals surface area contributed by atoms with Crippen molar-refractivity contribution >= 4 is 33.7 Å². The average molecular weight is 397 g/mol. The van der Waals surface area contributed by atoms with Crippen LogP contribution in [0.3, 0.4) is 0 Å². The molecule has 3 aromatic carbocycles. The number of nitrogens with one attached hydrogen (secondary N) is 1. The topological polar surface area (TPSA) is 29.1 Å². The van der Waals surface area contributed by atoms with Crippen LogP contribution in [0.1, 0.15) is 15.2 Å². The Bertz CT molecular complexity index is 1160. The highest BCUT2D eigenvalue weighted by molar-refractivity contribution is 7.17. The zero-order chi connectivity index (χ0) is 19.7. The molecule has 1 heterocycles. The van der Waals surface area contributed by atoms with E-state index in [0.717, 1.165) is 27.3 Å². The summed E-state index contributed by atoms with van der Waals surface area (Å²) >= 11 is 1.24. The highest BCUT2D eigenvalue weighted by atomic mass is 32.1. The summed E-state index contributed by atoms with van der Waals surface area (Å²) in [7, 11) is 0. The molecule has 0 saturated carbocycles. The van der Waals surface area contributed by atoms with E-state index < -0.39 is 17.6 Å². The molecular formula is C22H14F3NOS. The number of thiophene rings is 1. The van der Waals surface area contributed by atoms with Crippen molar-refractivity contribution in [3.8, 4) is 10.4 Å². The molecule has 0 unspecified atom stereocenters. The molecule has 2 nitrogen and oxygen atoms in total. The van der Waals surface area contributed by atoms with E-state index >= 15 is 0 Å². The summed E-state index contributed by atoms with van der Waals surface area (Å²) in [6.45, 7) is 0. The number of carbonyl (C=O) groups excluding carboxylic acids is 1. The molecule has 0 radical (unpaired) electrons. The predicted molar refractivity (Wildman–Crippen MR) is 107 cm³/mol. The van der Waals surface area contributed by atoms with E-state index in [4.69, 9.17) is 0 Å². The van der Waals surface area contributed by atoms with Crippen molar-refractivity contribution in [2.75, 3.05) is 5.32 Å². The Morgan fingerprint density at radius 3 is 2.32 bits per heavy atom. The van der Waals surface area contributed by atoms with E-state index in [1.807, 2.05) is 42.5 Å². The van der Waals surface area contributed by atoms with Crippen molar-refractivity contribution < 1.29 is 18.0 Å². The second-order valence-corrected chi connectivity index (χ2v) is 7.31. The monoisotopic (exact) mass is 397 g/mol. The van der Waals surface area contributed by atoms with Gasteiger partial charge in [0.05, 0.1) is 16.1 Å². The Hall–Kier alpha value is -3.12. The number of para-hydroxylation sites is 1. The number of alkyl halides is 3.